The Kier molecular flexibility index (Phi) is 6.72. The van der Waals surface area contributed by atoms with E-state index in [1.807, 2.05) is 67.9 Å². The van der Waals surface area contributed by atoms with Gasteiger partial charge in [0.25, 0.3) is 5.91 Å². The molecule has 2 heterocycles. The number of aromatic nitrogens is 4. The minimum absolute atomic E-state index is 0.169. The summed E-state index contributed by atoms with van der Waals surface area (Å²) in [6, 6.07) is 14.8. The molecule has 0 fully saturated rings. The first-order valence-corrected chi connectivity index (χ1v) is 11.1. The van der Waals surface area contributed by atoms with Crippen LogP contribution in [0.5, 0.6) is 5.75 Å². The second kappa shape index (κ2) is 9.68. The number of amides is 1. The third kappa shape index (κ3) is 5.56. The number of hydrogen-bond acceptors (Lipinski definition) is 4. The van der Waals surface area contributed by atoms with E-state index < -0.39 is 0 Å². The summed E-state index contributed by atoms with van der Waals surface area (Å²) in [5, 5.41) is 13.0. The van der Waals surface area contributed by atoms with Crippen LogP contribution in [0.15, 0.2) is 54.7 Å². The Morgan fingerprint density at radius 1 is 1.00 bits per heavy atom. The van der Waals surface area contributed by atoms with Gasteiger partial charge in [0.1, 0.15) is 5.75 Å². The van der Waals surface area contributed by atoms with E-state index in [-0.39, 0.29) is 18.3 Å². The lowest BCUT2D eigenvalue weighted by molar-refractivity contribution is 0.101. The molecule has 1 amide bonds. The largest absolute Gasteiger partial charge is 0.471 e. The second-order valence-corrected chi connectivity index (χ2v) is 8.61. The van der Waals surface area contributed by atoms with Crippen LogP contribution in [0.3, 0.4) is 0 Å². The molecule has 0 radical (unpaired) electrons. The number of nitrogens with zero attached hydrogens (tertiary/aromatic N) is 4. The normalized spacial score (nSPS) is 10.9. The number of nitrogens with one attached hydrogen (secondary N) is 1. The molecule has 0 aliphatic rings. The number of ether oxygens (including phenoxy) is 1. The highest BCUT2D eigenvalue weighted by Gasteiger charge is 2.13. The zero-order valence-corrected chi connectivity index (χ0v) is 20.0. The molecule has 0 saturated carbocycles. The lowest BCUT2D eigenvalue weighted by atomic mass is 10.1. The van der Waals surface area contributed by atoms with Gasteiger partial charge >= 0.3 is 0 Å². The lowest BCUT2D eigenvalue weighted by Crippen LogP contribution is -2.15. The van der Waals surface area contributed by atoms with Crippen molar-refractivity contribution < 1.29 is 9.53 Å². The van der Waals surface area contributed by atoms with E-state index in [4.69, 9.17) is 27.9 Å². The Balaban J connectivity index is 1.37. The molecule has 0 unspecified atom stereocenters. The average molecular weight is 484 g/mol. The Morgan fingerprint density at radius 2 is 1.70 bits per heavy atom. The Hall–Kier alpha value is -3.29. The molecular formula is C24H23Cl2N5O2. The molecule has 0 aliphatic carbocycles. The van der Waals surface area contributed by atoms with Gasteiger partial charge in [0, 0.05) is 28.0 Å². The number of aryl methyl sites for hydroxylation is 3. The molecule has 170 valence electrons. The summed E-state index contributed by atoms with van der Waals surface area (Å²) in [4.78, 5) is 12.6. The van der Waals surface area contributed by atoms with Crippen LogP contribution >= 0.6 is 23.2 Å². The van der Waals surface area contributed by atoms with E-state index in [0.717, 1.165) is 27.4 Å². The first kappa shape index (κ1) is 22.9. The predicted molar refractivity (Wildman–Crippen MR) is 129 cm³/mol. The molecule has 0 spiro atoms. The van der Waals surface area contributed by atoms with E-state index in [1.165, 1.54) is 0 Å². The highest BCUT2D eigenvalue weighted by Crippen LogP contribution is 2.26. The third-order valence-electron chi connectivity index (χ3n) is 5.12. The van der Waals surface area contributed by atoms with Crippen molar-refractivity contribution in [2.75, 3.05) is 5.32 Å². The maximum atomic E-state index is 12.6. The smallest absolute Gasteiger partial charge is 0.277 e. The van der Waals surface area contributed by atoms with Gasteiger partial charge in [-0.25, -0.2) is 4.68 Å². The highest BCUT2D eigenvalue weighted by atomic mass is 35.5. The maximum Gasteiger partial charge on any atom is 0.277 e. The van der Waals surface area contributed by atoms with Gasteiger partial charge in [-0.1, -0.05) is 35.3 Å². The molecule has 2 aromatic heterocycles. The summed E-state index contributed by atoms with van der Waals surface area (Å²) < 4.78 is 9.16. The summed E-state index contributed by atoms with van der Waals surface area (Å²) >= 11 is 12.1. The zero-order chi connectivity index (χ0) is 23.5. The van der Waals surface area contributed by atoms with Crippen LogP contribution in [-0.2, 0) is 13.3 Å². The third-order valence-corrected chi connectivity index (χ3v) is 5.96. The molecule has 0 bridgehead atoms. The van der Waals surface area contributed by atoms with Crippen molar-refractivity contribution in [3.05, 3.63) is 92.9 Å². The standard InChI is InChI=1S/C24H23Cl2N5O2/c1-15-10-20(11-16(2)23(15)26)33-14-30-9-8-21(28-30)24(32)27-22-12-17(3)31(29-22)13-18-4-6-19(25)7-5-18/h4-12H,13-14H2,1-3H3,(H,27,29,32). The summed E-state index contributed by atoms with van der Waals surface area (Å²) in [5.41, 5.74) is 4.14. The van der Waals surface area contributed by atoms with Crippen molar-refractivity contribution in [1.82, 2.24) is 19.6 Å². The number of carbonyl (C=O) groups excluding carboxylic acids is 1. The number of rotatable bonds is 7. The van der Waals surface area contributed by atoms with Crippen LogP contribution in [0, 0.1) is 20.8 Å². The van der Waals surface area contributed by atoms with Gasteiger partial charge in [-0.3, -0.25) is 9.48 Å². The fourth-order valence-electron chi connectivity index (χ4n) is 3.36. The minimum atomic E-state index is -0.344. The molecule has 0 atom stereocenters. The lowest BCUT2D eigenvalue weighted by Gasteiger charge is -2.10. The summed E-state index contributed by atoms with van der Waals surface area (Å²) in [5.74, 6) is 0.810. The Bertz CT molecular complexity index is 1270. The van der Waals surface area contributed by atoms with Crippen molar-refractivity contribution in [3.8, 4) is 5.75 Å². The molecular weight excluding hydrogens is 461 g/mol. The van der Waals surface area contributed by atoms with Gasteiger partial charge in [0.2, 0.25) is 0 Å². The van der Waals surface area contributed by atoms with Crippen LogP contribution in [0.4, 0.5) is 5.82 Å². The summed E-state index contributed by atoms with van der Waals surface area (Å²) in [6.07, 6.45) is 1.69. The molecule has 7 nitrogen and oxygen atoms in total. The molecule has 4 aromatic rings. The van der Waals surface area contributed by atoms with Crippen LogP contribution in [0.25, 0.3) is 0 Å². The second-order valence-electron chi connectivity index (χ2n) is 7.79. The van der Waals surface area contributed by atoms with E-state index in [0.29, 0.717) is 23.1 Å². The molecule has 2 aromatic carbocycles. The van der Waals surface area contributed by atoms with E-state index in [2.05, 4.69) is 15.5 Å². The van der Waals surface area contributed by atoms with Crippen molar-refractivity contribution >= 4 is 34.9 Å². The zero-order valence-electron chi connectivity index (χ0n) is 18.5. The van der Waals surface area contributed by atoms with Crippen LogP contribution in [0.1, 0.15) is 32.9 Å². The molecule has 0 aliphatic heterocycles. The molecule has 33 heavy (non-hydrogen) atoms. The first-order valence-electron chi connectivity index (χ1n) is 10.3. The van der Waals surface area contributed by atoms with Gasteiger partial charge in [0.15, 0.2) is 18.2 Å². The SMILES string of the molecule is Cc1cc(OCn2ccc(C(=O)Nc3cc(C)n(Cc4ccc(Cl)cc4)n3)n2)cc(C)c1Cl. The predicted octanol–water partition coefficient (Wildman–Crippen LogP) is 5.65. The van der Waals surface area contributed by atoms with E-state index in [9.17, 15) is 4.79 Å². The molecule has 9 heteroatoms. The molecule has 1 N–H and O–H groups in total. The quantitative estimate of drug-likeness (QED) is 0.368. The van der Waals surface area contributed by atoms with Gasteiger partial charge < -0.3 is 10.1 Å². The van der Waals surface area contributed by atoms with Gasteiger partial charge in [-0.05, 0) is 67.8 Å². The van der Waals surface area contributed by atoms with Gasteiger partial charge in [-0.15, -0.1) is 0 Å². The Morgan fingerprint density at radius 3 is 2.39 bits per heavy atom. The van der Waals surface area contributed by atoms with E-state index >= 15 is 0 Å². The Labute approximate surface area is 201 Å². The summed E-state index contributed by atoms with van der Waals surface area (Å²) in [7, 11) is 0. The van der Waals surface area contributed by atoms with Crippen molar-refractivity contribution in [2.45, 2.75) is 34.0 Å². The van der Waals surface area contributed by atoms with Gasteiger partial charge in [0.05, 0.1) is 6.54 Å². The first-order chi connectivity index (χ1) is 15.8. The summed E-state index contributed by atoms with van der Waals surface area (Å²) in [6.45, 7) is 6.54. The van der Waals surface area contributed by atoms with Crippen LogP contribution < -0.4 is 10.1 Å². The van der Waals surface area contributed by atoms with E-state index in [1.54, 1.807) is 16.9 Å². The number of hydrogen-bond donors (Lipinski definition) is 1. The van der Waals surface area contributed by atoms with Crippen molar-refractivity contribution in [3.63, 3.8) is 0 Å². The number of halogens is 2. The van der Waals surface area contributed by atoms with Crippen molar-refractivity contribution in [1.29, 1.82) is 0 Å². The fourth-order valence-corrected chi connectivity index (χ4v) is 3.59. The van der Waals surface area contributed by atoms with Crippen molar-refractivity contribution in [2.24, 2.45) is 0 Å². The number of benzene rings is 2. The molecule has 4 rings (SSSR count). The maximum absolute atomic E-state index is 12.6. The molecule has 0 saturated heterocycles. The topological polar surface area (TPSA) is 74.0 Å². The fraction of sp³-hybridized carbons (Fsp3) is 0.208. The van der Waals surface area contributed by atoms with Gasteiger partial charge in [-0.2, -0.15) is 10.2 Å². The average Bonchev–Trinajstić information content (AvgIpc) is 3.39. The minimum Gasteiger partial charge on any atom is -0.471 e. The van der Waals surface area contributed by atoms with Crippen LogP contribution in [-0.4, -0.2) is 25.5 Å². The number of anilines is 1. The van der Waals surface area contributed by atoms with Crippen LogP contribution in [0.2, 0.25) is 10.0 Å². The monoisotopic (exact) mass is 483 g/mol. The number of carbonyl (C=O) groups is 1. The highest BCUT2D eigenvalue weighted by molar-refractivity contribution is 6.32.